The molecule has 1 N–H and O–H groups in total. The van der Waals surface area contributed by atoms with E-state index in [0.717, 1.165) is 10.8 Å². The van der Waals surface area contributed by atoms with Gasteiger partial charge < -0.3 is 5.32 Å². The van der Waals surface area contributed by atoms with Crippen LogP contribution in [0.5, 0.6) is 0 Å². The summed E-state index contributed by atoms with van der Waals surface area (Å²) in [7, 11) is 0. The van der Waals surface area contributed by atoms with Crippen molar-refractivity contribution in [2.75, 3.05) is 5.32 Å². The second-order valence-electron chi connectivity index (χ2n) is 4.37. The predicted molar refractivity (Wildman–Crippen MR) is 76.1 cm³/mol. The number of pyridine rings is 1. The van der Waals surface area contributed by atoms with Crippen molar-refractivity contribution in [3.63, 3.8) is 0 Å². The number of nitrogens with zero attached hydrogens (tertiary/aromatic N) is 1. The number of nitrogens with one attached hydrogen (secondary N) is 1. The third-order valence-electron chi connectivity index (χ3n) is 3.02. The molecule has 1 amide bonds. The van der Waals surface area contributed by atoms with Gasteiger partial charge in [-0.1, -0.05) is 18.2 Å². The van der Waals surface area contributed by atoms with E-state index < -0.39 is 11.7 Å². The van der Waals surface area contributed by atoms with Gasteiger partial charge in [0.15, 0.2) is 0 Å². The van der Waals surface area contributed by atoms with E-state index in [-0.39, 0.29) is 5.56 Å². The lowest BCUT2D eigenvalue weighted by atomic mass is 10.1. The molecule has 0 bridgehead atoms. The van der Waals surface area contributed by atoms with Gasteiger partial charge in [-0.05, 0) is 35.7 Å². The minimum atomic E-state index is -0.535. The van der Waals surface area contributed by atoms with E-state index in [1.165, 1.54) is 12.1 Å². The van der Waals surface area contributed by atoms with Crippen LogP contribution in [-0.2, 0) is 0 Å². The number of amides is 1. The summed E-state index contributed by atoms with van der Waals surface area (Å²) in [5, 5.41) is 4.63. The quantitative estimate of drug-likeness (QED) is 0.769. The molecule has 0 saturated carbocycles. The average molecular weight is 266 g/mol. The van der Waals surface area contributed by atoms with Gasteiger partial charge in [0.2, 0.25) is 0 Å². The smallest absolute Gasteiger partial charge is 0.258 e. The molecule has 4 heteroatoms. The molecular weight excluding hydrogens is 255 g/mol. The number of carbonyl (C=O) groups excluding carboxylic acids is 1. The monoisotopic (exact) mass is 266 g/mol. The standard InChI is InChI=1S/C16H11FN2O/c17-15-4-2-1-3-14(15)16(20)19-13-6-5-11-7-8-18-10-12(11)9-13/h1-10H,(H,19,20). The van der Waals surface area contributed by atoms with Gasteiger partial charge in [-0.15, -0.1) is 0 Å². The Balaban J connectivity index is 1.89. The summed E-state index contributed by atoms with van der Waals surface area (Å²) in [5.41, 5.74) is 0.637. The molecule has 2 aromatic carbocycles. The van der Waals surface area contributed by atoms with Gasteiger partial charge >= 0.3 is 0 Å². The third-order valence-corrected chi connectivity index (χ3v) is 3.02. The number of carbonyl (C=O) groups is 1. The first-order chi connectivity index (χ1) is 9.74. The van der Waals surface area contributed by atoms with Crippen LogP contribution in [0.3, 0.4) is 0 Å². The number of hydrogen-bond donors (Lipinski definition) is 1. The Bertz CT molecular complexity index is 786. The van der Waals surface area contributed by atoms with Crippen molar-refractivity contribution in [3.8, 4) is 0 Å². The maximum absolute atomic E-state index is 13.5. The van der Waals surface area contributed by atoms with Gasteiger partial charge in [-0.2, -0.15) is 0 Å². The van der Waals surface area contributed by atoms with E-state index in [4.69, 9.17) is 0 Å². The molecule has 0 spiro atoms. The topological polar surface area (TPSA) is 42.0 Å². The van der Waals surface area contributed by atoms with Crippen molar-refractivity contribution in [2.45, 2.75) is 0 Å². The lowest BCUT2D eigenvalue weighted by Crippen LogP contribution is -2.13. The highest BCUT2D eigenvalue weighted by Crippen LogP contribution is 2.19. The Kier molecular flexibility index (Phi) is 3.13. The van der Waals surface area contributed by atoms with E-state index >= 15 is 0 Å². The van der Waals surface area contributed by atoms with Crippen molar-refractivity contribution in [3.05, 3.63) is 72.3 Å². The van der Waals surface area contributed by atoms with E-state index in [0.29, 0.717) is 5.69 Å². The van der Waals surface area contributed by atoms with Crippen LogP contribution in [0.1, 0.15) is 10.4 Å². The van der Waals surface area contributed by atoms with Crippen molar-refractivity contribution < 1.29 is 9.18 Å². The summed E-state index contributed by atoms with van der Waals surface area (Å²) in [6.07, 6.45) is 3.42. The zero-order valence-corrected chi connectivity index (χ0v) is 10.5. The molecule has 0 fully saturated rings. The van der Waals surface area contributed by atoms with E-state index in [9.17, 15) is 9.18 Å². The molecule has 3 rings (SSSR count). The Morgan fingerprint density at radius 3 is 2.75 bits per heavy atom. The number of aromatic nitrogens is 1. The van der Waals surface area contributed by atoms with Crippen molar-refractivity contribution >= 4 is 22.4 Å². The summed E-state index contributed by atoms with van der Waals surface area (Å²) in [5.74, 6) is -1.00. The van der Waals surface area contributed by atoms with Crippen molar-refractivity contribution in [1.82, 2.24) is 4.98 Å². The molecule has 3 nitrogen and oxygen atoms in total. The average Bonchev–Trinajstić information content (AvgIpc) is 2.47. The van der Waals surface area contributed by atoms with E-state index in [2.05, 4.69) is 10.3 Å². The molecule has 0 atom stereocenters. The number of halogens is 1. The molecule has 3 aromatic rings. The molecule has 98 valence electrons. The second-order valence-corrected chi connectivity index (χ2v) is 4.37. The number of anilines is 1. The fraction of sp³-hybridized carbons (Fsp3) is 0. The summed E-state index contributed by atoms with van der Waals surface area (Å²) < 4.78 is 13.5. The van der Waals surface area contributed by atoms with Gasteiger partial charge in [0.1, 0.15) is 5.82 Å². The number of hydrogen-bond acceptors (Lipinski definition) is 2. The van der Waals surface area contributed by atoms with Gasteiger partial charge in [0.05, 0.1) is 5.56 Å². The largest absolute Gasteiger partial charge is 0.322 e. The first-order valence-corrected chi connectivity index (χ1v) is 6.14. The third kappa shape index (κ3) is 2.36. The first-order valence-electron chi connectivity index (χ1n) is 6.14. The Labute approximate surface area is 115 Å². The van der Waals surface area contributed by atoms with Crippen LogP contribution < -0.4 is 5.32 Å². The lowest BCUT2D eigenvalue weighted by molar-refractivity contribution is 0.102. The molecule has 0 aliphatic rings. The predicted octanol–water partition coefficient (Wildman–Crippen LogP) is 3.63. The van der Waals surface area contributed by atoms with Gasteiger partial charge in [0.25, 0.3) is 5.91 Å². The van der Waals surface area contributed by atoms with E-state index in [1.54, 1.807) is 36.7 Å². The Hall–Kier alpha value is -2.75. The summed E-state index contributed by atoms with van der Waals surface area (Å²) in [6.45, 7) is 0. The number of fused-ring (bicyclic) bond motifs is 1. The number of benzene rings is 2. The normalized spacial score (nSPS) is 10.4. The van der Waals surface area contributed by atoms with Crippen LogP contribution in [0.2, 0.25) is 0 Å². The highest BCUT2D eigenvalue weighted by atomic mass is 19.1. The fourth-order valence-electron chi connectivity index (χ4n) is 2.01. The molecule has 0 aliphatic carbocycles. The first kappa shape index (κ1) is 12.3. The van der Waals surface area contributed by atoms with Crippen LogP contribution >= 0.6 is 0 Å². The van der Waals surface area contributed by atoms with Crippen molar-refractivity contribution in [2.24, 2.45) is 0 Å². The molecule has 0 unspecified atom stereocenters. The molecule has 1 aromatic heterocycles. The van der Waals surface area contributed by atoms with Gasteiger partial charge in [0, 0.05) is 23.5 Å². The number of rotatable bonds is 2. The maximum Gasteiger partial charge on any atom is 0.258 e. The van der Waals surface area contributed by atoms with E-state index in [1.807, 2.05) is 12.1 Å². The maximum atomic E-state index is 13.5. The summed E-state index contributed by atoms with van der Waals surface area (Å²) in [6, 6.07) is 13.2. The summed E-state index contributed by atoms with van der Waals surface area (Å²) >= 11 is 0. The van der Waals surface area contributed by atoms with Crippen LogP contribution in [0, 0.1) is 5.82 Å². The molecule has 0 radical (unpaired) electrons. The van der Waals surface area contributed by atoms with Gasteiger partial charge in [-0.25, -0.2) is 4.39 Å². The fourth-order valence-corrected chi connectivity index (χ4v) is 2.01. The minimum Gasteiger partial charge on any atom is -0.322 e. The molecular formula is C16H11FN2O. The Morgan fingerprint density at radius 2 is 1.90 bits per heavy atom. The minimum absolute atomic E-state index is 0.0267. The molecule has 1 heterocycles. The van der Waals surface area contributed by atoms with Crippen LogP contribution in [-0.4, -0.2) is 10.9 Å². The highest BCUT2D eigenvalue weighted by Gasteiger charge is 2.10. The van der Waals surface area contributed by atoms with Crippen LogP contribution in [0.25, 0.3) is 10.8 Å². The zero-order chi connectivity index (χ0) is 13.9. The molecule has 0 saturated heterocycles. The lowest BCUT2D eigenvalue weighted by Gasteiger charge is -2.07. The molecule has 0 aliphatic heterocycles. The second kappa shape index (κ2) is 5.09. The van der Waals surface area contributed by atoms with Crippen LogP contribution in [0.4, 0.5) is 10.1 Å². The zero-order valence-electron chi connectivity index (χ0n) is 10.5. The summed E-state index contributed by atoms with van der Waals surface area (Å²) in [4.78, 5) is 16.0. The highest BCUT2D eigenvalue weighted by molar-refractivity contribution is 6.05. The van der Waals surface area contributed by atoms with Crippen LogP contribution in [0.15, 0.2) is 60.9 Å². The SMILES string of the molecule is O=C(Nc1ccc2ccncc2c1)c1ccccc1F. The molecule has 20 heavy (non-hydrogen) atoms. The van der Waals surface area contributed by atoms with Crippen molar-refractivity contribution in [1.29, 1.82) is 0 Å². The van der Waals surface area contributed by atoms with Gasteiger partial charge in [-0.3, -0.25) is 9.78 Å². The Morgan fingerprint density at radius 1 is 1.05 bits per heavy atom.